The highest BCUT2D eigenvalue weighted by atomic mass is 127. The van der Waals surface area contributed by atoms with E-state index in [4.69, 9.17) is 9.47 Å². The average Bonchev–Trinajstić information content (AvgIpc) is 2.74. The van der Waals surface area contributed by atoms with Crippen LogP contribution >= 0.6 is 22.6 Å². The molecule has 0 spiro atoms. The van der Waals surface area contributed by atoms with Gasteiger partial charge < -0.3 is 14.8 Å². The van der Waals surface area contributed by atoms with Crippen LogP contribution in [0.1, 0.15) is 27.5 Å². The van der Waals surface area contributed by atoms with Crippen LogP contribution < -0.4 is 14.8 Å². The van der Waals surface area contributed by atoms with Crippen LogP contribution in [0.4, 0.5) is 0 Å². The van der Waals surface area contributed by atoms with Gasteiger partial charge in [-0.05, 0) is 76.5 Å². The van der Waals surface area contributed by atoms with E-state index in [0.717, 1.165) is 26.2 Å². The van der Waals surface area contributed by atoms with E-state index in [-0.39, 0.29) is 11.9 Å². The normalized spacial score (nSPS) is 13.6. The summed E-state index contributed by atoms with van der Waals surface area (Å²) in [5.41, 5.74) is 2.80. The molecule has 0 aromatic heterocycles. The zero-order valence-electron chi connectivity index (χ0n) is 15.2. The summed E-state index contributed by atoms with van der Waals surface area (Å²) >= 11 is 2.23. The van der Waals surface area contributed by atoms with Gasteiger partial charge in [0.2, 0.25) is 0 Å². The number of hydrogen-bond donors (Lipinski definition) is 1. The predicted octanol–water partition coefficient (Wildman–Crippen LogP) is 4.78. The molecular weight excluding hydrogens is 465 g/mol. The van der Waals surface area contributed by atoms with Crippen LogP contribution in [-0.2, 0) is 6.42 Å². The molecule has 4 nitrogen and oxygen atoms in total. The van der Waals surface area contributed by atoms with E-state index in [2.05, 4.69) is 40.0 Å². The Morgan fingerprint density at radius 3 is 2.39 bits per heavy atom. The molecule has 0 saturated carbocycles. The first-order chi connectivity index (χ1) is 13.7. The lowest BCUT2D eigenvalue weighted by atomic mass is 9.97. The van der Waals surface area contributed by atoms with Gasteiger partial charge in [-0.3, -0.25) is 4.79 Å². The Kier molecular flexibility index (Phi) is 5.81. The van der Waals surface area contributed by atoms with Gasteiger partial charge >= 0.3 is 0 Å². The monoisotopic (exact) mass is 485 g/mol. The Morgan fingerprint density at radius 1 is 0.929 bits per heavy atom. The number of benzene rings is 3. The van der Waals surface area contributed by atoms with Gasteiger partial charge in [0.25, 0.3) is 5.91 Å². The lowest BCUT2D eigenvalue weighted by Crippen LogP contribution is -2.30. The highest BCUT2D eigenvalue weighted by Crippen LogP contribution is 2.33. The largest absolute Gasteiger partial charge is 0.486 e. The molecule has 28 heavy (non-hydrogen) atoms. The summed E-state index contributed by atoms with van der Waals surface area (Å²) in [7, 11) is 0. The highest BCUT2D eigenvalue weighted by Gasteiger charge is 2.20. The SMILES string of the molecule is O=C(NC(Cc1ccccc1)c1ccc2c(c1)OCCO2)c1ccc(I)cc1. The summed E-state index contributed by atoms with van der Waals surface area (Å²) in [5, 5.41) is 3.19. The molecule has 1 aliphatic rings. The van der Waals surface area contributed by atoms with Gasteiger partial charge in [0.05, 0.1) is 6.04 Å². The molecule has 0 bridgehead atoms. The molecule has 0 aliphatic carbocycles. The number of carbonyl (C=O) groups is 1. The van der Waals surface area contributed by atoms with Crippen LogP contribution in [-0.4, -0.2) is 19.1 Å². The summed E-state index contributed by atoms with van der Waals surface area (Å²) in [6.07, 6.45) is 0.691. The summed E-state index contributed by atoms with van der Waals surface area (Å²) < 4.78 is 12.5. The highest BCUT2D eigenvalue weighted by molar-refractivity contribution is 14.1. The summed E-state index contributed by atoms with van der Waals surface area (Å²) in [6, 6.07) is 23.4. The molecule has 1 aliphatic heterocycles. The lowest BCUT2D eigenvalue weighted by Gasteiger charge is -2.23. The van der Waals surface area contributed by atoms with E-state index in [9.17, 15) is 4.79 Å². The average molecular weight is 485 g/mol. The van der Waals surface area contributed by atoms with Gasteiger partial charge in [-0.15, -0.1) is 0 Å². The van der Waals surface area contributed by atoms with Crippen LogP contribution in [0.5, 0.6) is 11.5 Å². The quantitative estimate of drug-likeness (QED) is 0.530. The number of hydrogen-bond acceptors (Lipinski definition) is 3. The number of halogens is 1. The number of carbonyl (C=O) groups excluding carboxylic acids is 1. The fourth-order valence-corrected chi connectivity index (χ4v) is 3.58. The third-order valence-corrected chi connectivity index (χ3v) is 5.38. The van der Waals surface area contributed by atoms with Crippen LogP contribution in [0.15, 0.2) is 72.8 Å². The van der Waals surface area contributed by atoms with E-state index in [1.807, 2.05) is 60.7 Å². The first-order valence-electron chi connectivity index (χ1n) is 9.19. The van der Waals surface area contributed by atoms with Crippen molar-refractivity contribution in [1.82, 2.24) is 5.32 Å². The van der Waals surface area contributed by atoms with Crippen molar-refractivity contribution in [2.75, 3.05) is 13.2 Å². The molecule has 1 N–H and O–H groups in total. The van der Waals surface area contributed by atoms with Gasteiger partial charge in [-0.25, -0.2) is 0 Å². The summed E-state index contributed by atoms with van der Waals surface area (Å²) in [6.45, 7) is 1.10. The Balaban J connectivity index is 1.61. The maximum atomic E-state index is 12.8. The number of ether oxygens (including phenoxy) is 2. The van der Waals surface area contributed by atoms with E-state index in [0.29, 0.717) is 25.2 Å². The Bertz CT molecular complexity index is 957. The lowest BCUT2D eigenvalue weighted by molar-refractivity contribution is 0.0936. The third kappa shape index (κ3) is 4.47. The molecule has 3 aromatic rings. The minimum atomic E-state index is -0.176. The van der Waals surface area contributed by atoms with Gasteiger partial charge in [0.15, 0.2) is 11.5 Å². The van der Waals surface area contributed by atoms with Gasteiger partial charge in [-0.1, -0.05) is 36.4 Å². The van der Waals surface area contributed by atoms with Crippen LogP contribution in [0.3, 0.4) is 0 Å². The number of fused-ring (bicyclic) bond motifs is 1. The number of nitrogens with one attached hydrogen (secondary N) is 1. The minimum Gasteiger partial charge on any atom is -0.486 e. The molecule has 1 unspecified atom stereocenters. The zero-order chi connectivity index (χ0) is 19.3. The number of amides is 1. The van der Waals surface area contributed by atoms with Crippen molar-refractivity contribution in [3.05, 3.63) is 93.1 Å². The molecule has 1 amide bonds. The first-order valence-corrected chi connectivity index (χ1v) is 10.3. The second-order valence-electron chi connectivity index (χ2n) is 6.63. The smallest absolute Gasteiger partial charge is 0.251 e. The molecule has 3 aromatic carbocycles. The van der Waals surface area contributed by atoms with Crippen molar-refractivity contribution in [3.8, 4) is 11.5 Å². The topological polar surface area (TPSA) is 47.6 Å². The van der Waals surface area contributed by atoms with E-state index in [1.165, 1.54) is 0 Å². The van der Waals surface area contributed by atoms with E-state index >= 15 is 0 Å². The molecule has 0 fully saturated rings. The maximum absolute atomic E-state index is 12.8. The van der Waals surface area contributed by atoms with Crippen molar-refractivity contribution in [3.63, 3.8) is 0 Å². The second-order valence-corrected chi connectivity index (χ2v) is 7.87. The number of rotatable bonds is 5. The van der Waals surface area contributed by atoms with Crippen LogP contribution in [0.2, 0.25) is 0 Å². The van der Waals surface area contributed by atoms with Gasteiger partial charge in [0, 0.05) is 9.13 Å². The fourth-order valence-electron chi connectivity index (χ4n) is 3.22. The van der Waals surface area contributed by atoms with Crippen molar-refractivity contribution in [2.24, 2.45) is 0 Å². The molecule has 1 heterocycles. The second kappa shape index (κ2) is 8.65. The predicted molar refractivity (Wildman–Crippen MR) is 117 cm³/mol. The molecule has 0 radical (unpaired) electrons. The molecule has 5 heteroatoms. The minimum absolute atomic E-state index is 0.0905. The van der Waals surface area contributed by atoms with Crippen LogP contribution in [0, 0.1) is 3.57 Å². The standard InChI is InChI=1S/C23H20INO3/c24-19-9-6-17(7-10-19)23(26)25-20(14-16-4-2-1-3-5-16)18-8-11-21-22(15-18)28-13-12-27-21/h1-11,15,20H,12-14H2,(H,25,26). The van der Waals surface area contributed by atoms with Crippen molar-refractivity contribution < 1.29 is 14.3 Å². The van der Waals surface area contributed by atoms with Crippen LogP contribution in [0.25, 0.3) is 0 Å². The molecular formula is C23H20INO3. The third-order valence-electron chi connectivity index (χ3n) is 4.66. The summed E-state index contributed by atoms with van der Waals surface area (Å²) in [5.74, 6) is 1.38. The van der Waals surface area contributed by atoms with Crippen molar-refractivity contribution in [2.45, 2.75) is 12.5 Å². The molecule has 142 valence electrons. The Hall–Kier alpha value is -2.54. The zero-order valence-corrected chi connectivity index (χ0v) is 17.4. The van der Waals surface area contributed by atoms with Gasteiger partial charge in [-0.2, -0.15) is 0 Å². The molecule has 4 rings (SSSR count). The molecule has 1 atom stereocenters. The van der Waals surface area contributed by atoms with E-state index < -0.39 is 0 Å². The Labute approximate surface area is 178 Å². The van der Waals surface area contributed by atoms with Crippen molar-refractivity contribution >= 4 is 28.5 Å². The van der Waals surface area contributed by atoms with E-state index in [1.54, 1.807) is 0 Å². The summed E-state index contributed by atoms with van der Waals surface area (Å²) in [4.78, 5) is 12.8. The first kappa shape index (κ1) is 18.8. The fraction of sp³-hybridized carbons (Fsp3) is 0.174. The molecule has 0 saturated heterocycles. The van der Waals surface area contributed by atoms with Crippen molar-refractivity contribution in [1.29, 1.82) is 0 Å². The Morgan fingerprint density at radius 2 is 1.64 bits per heavy atom. The maximum Gasteiger partial charge on any atom is 0.251 e. The van der Waals surface area contributed by atoms with Gasteiger partial charge in [0.1, 0.15) is 13.2 Å².